The van der Waals surface area contributed by atoms with Crippen molar-refractivity contribution in [3.05, 3.63) is 24.0 Å². The summed E-state index contributed by atoms with van der Waals surface area (Å²) in [5, 5.41) is 5.12. The Hall–Kier alpha value is -2.11. The minimum absolute atomic E-state index is 0.181. The molecule has 0 atom stereocenters. The molecule has 4 N–H and O–H groups in total. The van der Waals surface area contributed by atoms with Gasteiger partial charge in [-0.25, -0.2) is 4.39 Å². The van der Waals surface area contributed by atoms with Crippen LogP contribution in [0.3, 0.4) is 0 Å². The molecule has 0 bridgehead atoms. The second kappa shape index (κ2) is 7.26. The van der Waals surface area contributed by atoms with Crippen LogP contribution >= 0.6 is 0 Å². The summed E-state index contributed by atoms with van der Waals surface area (Å²) in [6, 6.07) is 3.82. The molecule has 5 nitrogen and oxygen atoms in total. The minimum atomic E-state index is -0.439. The molecule has 0 spiro atoms. The van der Waals surface area contributed by atoms with Gasteiger partial charge < -0.3 is 16.4 Å². The summed E-state index contributed by atoms with van der Waals surface area (Å²) in [6.07, 6.45) is 2.34. The first-order valence-corrected chi connectivity index (χ1v) is 5.65. The van der Waals surface area contributed by atoms with Crippen molar-refractivity contribution in [1.29, 1.82) is 0 Å². The highest BCUT2D eigenvalue weighted by atomic mass is 19.1. The third kappa shape index (κ3) is 4.82. The standard InChI is InChI=1S/C12H16FN3O2/c13-9-4-5-11(10(14)7-9)16-12(18)3-1-2-6-15-8-17/h4-5,7-8H,1-3,6,14H2,(H,15,17)(H,16,18). The summed E-state index contributed by atoms with van der Waals surface area (Å²) in [5.41, 5.74) is 6.17. The summed E-state index contributed by atoms with van der Waals surface area (Å²) < 4.78 is 12.8. The van der Waals surface area contributed by atoms with Crippen molar-refractivity contribution in [3.63, 3.8) is 0 Å². The van der Waals surface area contributed by atoms with Crippen LogP contribution in [0.4, 0.5) is 15.8 Å². The Labute approximate surface area is 105 Å². The summed E-state index contributed by atoms with van der Waals surface area (Å²) >= 11 is 0. The van der Waals surface area contributed by atoms with Crippen molar-refractivity contribution in [1.82, 2.24) is 5.32 Å². The number of anilines is 2. The first-order valence-electron chi connectivity index (χ1n) is 5.65. The summed E-state index contributed by atoms with van der Waals surface area (Å²) in [7, 11) is 0. The molecule has 0 heterocycles. The van der Waals surface area contributed by atoms with Crippen molar-refractivity contribution >= 4 is 23.7 Å². The first kappa shape index (κ1) is 14.0. The van der Waals surface area contributed by atoms with Gasteiger partial charge in [-0.05, 0) is 31.0 Å². The zero-order chi connectivity index (χ0) is 13.4. The van der Waals surface area contributed by atoms with Crippen LogP contribution in [0, 0.1) is 5.82 Å². The van der Waals surface area contributed by atoms with Crippen molar-refractivity contribution in [2.75, 3.05) is 17.6 Å². The average Bonchev–Trinajstić information content (AvgIpc) is 2.32. The molecule has 0 aromatic heterocycles. The number of halogens is 1. The Bertz CT molecular complexity index is 424. The van der Waals surface area contributed by atoms with Crippen LogP contribution in [0.2, 0.25) is 0 Å². The molecular formula is C12H16FN3O2. The molecule has 1 aromatic rings. The smallest absolute Gasteiger partial charge is 0.224 e. The quantitative estimate of drug-likeness (QED) is 0.388. The average molecular weight is 253 g/mol. The predicted octanol–water partition coefficient (Wildman–Crippen LogP) is 1.26. The molecule has 1 aromatic carbocycles. The van der Waals surface area contributed by atoms with E-state index in [1.54, 1.807) is 0 Å². The normalized spacial score (nSPS) is 9.83. The highest BCUT2D eigenvalue weighted by molar-refractivity contribution is 5.93. The molecule has 18 heavy (non-hydrogen) atoms. The van der Waals surface area contributed by atoms with Crippen LogP contribution < -0.4 is 16.4 Å². The second-order valence-electron chi connectivity index (χ2n) is 3.81. The molecule has 0 saturated carbocycles. The number of nitrogens with two attached hydrogens (primary N) is 1. The van der Waals surface area contributed by atoms with E-state index < -0.39 is 5.82 Å². The molecule has 2 amide bonds. The Morgan fingerprint density at radius 3 is 2.83 bits per heavy atom. The number of nitrogen functional groups attached to an aromatic ring is 1. The molecule has 0 fully saturated rings. The van der Waals surface area contributed by atoms with E-state index >= 15 is 0 Å². The van der Waals surface area contributed by atoms with E-state index in [0.29, 0.717) is 31.5 Å². The lowest BCUT2D eigenvalue weighted by molar-refractivity contribution is -0.116. The number of carbonyl (C=O) groups excluding carboxylic acids is 2. The van der Waals surface area contributed by atoms with Crippen LogP contribution in [0.25, 0.3) is 0 Å². The van der Waals surface area contributed by atoms with Gasteiger partial charge in [0.2, 0.25) is 12.3 Å². The lowest BCUT2D eigenvalue weighted by Gasteiger charge is -2.08. The summed E-state index contributed by atoms with van der Waals surface area (Å²) in [4.78, 5) is 21.5. The zero-order valence-electron chi connectivity index (χ0n) is 9.91. The molecule has 98 valence electrons. The molecule has 6 heteroatoms. The fourth-order valence-electron chi connectivity index (χ4n) is 1.43. The van der Waals surface area contributed by atoms with Crippen LogP contribution in [0.5, 0.6) is 0 Å². The Morgan fingerprint density at radius 1 is 1.39 bits per heavy atom. The number of nitrogens with one attached hydrogen (secondary N) is 2. The molecule has 0 aliphatic carbocycles. The molecule has 0 aliphatic rings. The Morgan fingerprint density at radius 2 is 2.17 bits per heavy atom. The molecule has 1 rings (SSSR count). The highest BCUT2D eigenvalue weighted by Crippen LogP contribution is 2.19. The number of amides is 2. The van der Waals surface area contributed by atoms with Gasteiger partial charge in [0.15, 0.2) is 0 Å². The van der Waals surface area contributed by atoms with Crippen LogP contribution in [-0.2, 0) is 9.59 Å². The van der Waals surface area contributed by atoms with Crippen LogP contribution in [-0.4, -0.2) is 18.9 Å². The largest absolute Gasteiger partial charge is 0.397 e. The number of carbonyl (C=O) groups is 2. The Kier molecular flexibility index (Phi) is 5.63. The van der Waals surface area contributed by atoms with E-state index in [1.807, 2.05) is 0 Å². The lowest BCUT2D eigenvalue weighted by atomic mass is 10.2. The SMILES string of the molecule is Nc1cc(F)ccc1NC(=O)CCCCNC=O. The maximum Gasteiger partial charge on any atom is 0.224 e. The van der Waals surface area contributed by atoms with E-state index in [-0.39, 0.29) is 11.6 Å². The van der Waals surface area contributed by atoms with E-state index in [4.69, 9.17) is 5.73 Å². The fraction of sp³-hybridized carbons (Fsp3) is 0.333. The van der Waals surface area contributed by atoms with Gasteiger partial charge in [-0.15, -0.1) is 0 Å². The van der Waals surface area contributed by atoms with Gasteiger partial charge in [-0.1, -0.05) is 0 Å². The predicted molar refractivity (Wildman–Crippen MR) is 67.4 cm³/mol. The van der Waals surface area contributed by atoms with Gasteiger partial charge in [0.25, 0.3) is 0 Å². The van der Waals surface area contributed by atoms with Crippen LogP contribution in [0.15, 0.2) is 18.2 Å². The highest BCUT2D eigenvalue weighted by Gasteiger charge is 2.05. The van der Waals surface area contributed by atoms with E-state index in [1.165, 1.54) is 12.1 Å². The number of hydrogen-bond acceptors (Lipinski definition) is 3. The molecule has 0 radical (unpaired) electrons. The zero-order valence-corrected chi connectivity index (χ0v) is 9.91. The fourth-order valence-corrected chi connectivity index (χ4v) is 1.43. The topological polar surface area (TPSA) is 84.2 Å². The molecule has 0 aliphatic heterocycles. The lowest BCUT2D eigenvalue weighted by Crippen LogP contribution is -2.15. The summed E-state index contributed by atoms with van der Waals surface area (Å²) in [6.45, 7) is 0.551. The van der Waals surface area contributed by atoms with Crippen molar-refractivity contribution < 1.29 is 14.0 Å². The number of hydrogen-bond donors (Lipinski definition) is 3. The van der Waals surface area contributed by atoms with Gasteiger partial charge in [0, 0.05) is 13.0 Å². The van der Waals surface area contributed by atoms with Gasteiger partial charge in [-0.3, -0.25) is 9.59 Å². The second-order valence-corrected chi connectivity index (χ2v) is 3.81. The van der Waals surface area contributed by atoms with Gasteiger partial charge in [0.05, 0.1) is 11.4 Å². The maximum atomic E-state index is 12.8. The van der Waals surface area contributed by atoms with Gasteiger partial charge in [0.1, 0.15) is 5.82 Å². The van der Waals surface area contributed by atoms with Crippen LogP contribution in [0.1, 0.15) is 19.3 Å². The first-order chi connectivity index (χ1) is 8.63. The van der Waals surface area contributed by atoms with E-state index in [0.717, 1.165) is 12.5 Å². The third-order valence-corrected chi connectivity index (χ3v) is 2.35. The van der Waals surface area contributed by atoms with Gasteiger partial charge >= 0.3 is 0 Å². The van der Waals surface area contributed by atoms with Crippen molar-refractivity contribution in [2.45, 2.75) is 19.3 Å². The number of rotatable bonds is 7. The van der Waals surface area contributed by atoms with E-state index in [2.05, 4.69) is 10.6 Å². The third-order valence-electron chi connectivity index (χ3n) is 2.35. The van der Waals surface area contributed by atoms with E-state index in [9.17, 15) is 14.0 Å². The van der Waals surface area contributed by atoms with Crippen molar-refractivity contribution in [2.24, 2.45) is 0 Å². The minimum Gasteiger partial charge on any atom is -0.397 e. The molecular weight excluding hydrogens is 237 g/mol. The number of benzene rings is 1. The van der Waals surface area contributed by atoms with Gasteiger partial charge in [-0.2, -0.15) is 0 Å². The van der Waals surface area contributed by atoms with Crippen molar-refractivity contribution in [3.8, 4) is 0 Å². The molecule has 0 unspecified atom stereocenters. The maximum absolute atomic E-state index is 12.8. The monoisotopic (exact) mass is 253 g/mol. The number of unbranched alkanes of at least 4 members (excludes halogenated alkanes) is 1. The Balaban J connectivity index is 2.33. The molecule has 0 saturated heterocycles. The summed E-state index contributed by atoms with van der Waals surface area (Å²) in [5.74, 6) is -0.621.